The molecule has 0 atom stereocenters. The quantitative estimate of drug-likeness (QED) is 0.816. The Kier molecular flexibility index (Phi) is 2.42. The van der Waals surface area contributed by atoms with E-state index in [9.17, 15) is 0 Å². The van der Waals surface area contributed by atoms with Crippen LogP contribution < -0.4 is 5.73 Å². The lowest BCUT2D eigenvalue weighted by molar-refractivity contribution is 1.07. The van der Waals surface area contributed by atoms with E-state index in [0.29, 0.717) is 10.8 Å². The van der Waals surface area contributed by atoms with E-state index in [1.807, 2.05) is 5.38 Å². The number of rotatable bonds is 2. The van der Waals surface area contributed by atoms with Gasteiger partial charge in [0.15, 0.2) is 10.2 Å². The van der Waals surface area contributed by atoms with Crippen LogP contribution in [0.1, 0.15) is 0 Å². The molecule has 13 heavy (non-hydrogen) atoms. The van der Waals surface area contributed by atoms with Crippen LogP contribution in [-0.2, 0) is 0 Å². The zero-order valence-corrected chi connectivity index (χ0v) is 8.18. The van der Waals surface area contributed by atoms with E-state index < -0.39 is 0 Å². The summed E-state index contributed by atoms with van der Waals surface area (Å²) in [5.74, 6) is 0.447. The zero-order valence-electron chi connectivity index (χ0n) is 6.54. The highest BCUT2D eigenvalue weighted by Gasteiger charge is 2.04. The van der Waals surface area contributed by atoms with Crippen LogP contribution in [0.3, 0.4) is 0 Å². The highest BCUT2D eigenvalue weighted by atomic mass is 32.2. The van der Waals surface area contributed by atoms with Gasteiger partial charge in [0.1, 0.15) is 5.03 Å². The van der Waals surface area contributed by atoms with Crippen molar-refractivity contribution in [3.63, 3.8) is 0 Å². The molecular weight excluding hydrogens is 204 g/mol. The maximum atomic E-state index is 5.62. The zero-order chi connectivity index (χ0) is 9.10. The third-order valence-corrected chi connectivity index (χ3v) is 3.18. The molecule has 66 valence electrons. The summed E-state index contributed by atoms with van der Waals surface area (Å²) in [5.41, 5.74) is 5.62. The lowest BCUT2D eigenvalue weighted by Crippen LogP contribution is -1.93. The summed E-state index contributed by atoms with van der Waals surface area (Å²) in [7, 11) is 0. The van der Waals surface area contributed by atoms with Crippen LogP contribution in [0.2, 0.25) is 0 Å². The largest absolute Gasteiger partial charge is 0.381 e. The Hall–Kier alpha value is -1.14. The summed E-state index contributed by atoms with van der Waals surface area (Å²) in [4.78, 5) is 12.1. The number of hydrogen-bond donors (Lipinski definition) is 1. The van der Waals surface area contributed by atoms with Gasteiger partial charge in [-0.25, -0.2) is 15.0 Å². The monoisotopic (exact) mass is 210 g/mol. The smallest absolute Gasteiger partial charge is 0.156 e. The van der Waals surface area contributed by atoms with Gasteiger partial charge in [0.25, 0.3) is 0 Å². The molecule has 0 aliphatic rings. The Balaban J connectivity index is 2.24. The normalized spacial score (nSPS) is 10.2. The van der Waals surface area contributed by atoms with E-state index in [2.05, 4.69) is 15.0 Å². The van der Waals surface area contributed by atoms with Gasteiger partial charge in [0.05, 0.1) is 0 Å². The Labute approximate surface area is 83.3 Å². The summed E-state index contributed by atoms with van der Waals surface area (Å²) in [6.07, 6.45) is 4.94. The molecule has 6 heteroatoms. The minimum Gasteiger partial charge on any atom is -0.381 e. The molecule has 0 fully saturated rings. The van der Waals surface area contributed by atoms with Crippen LogP contribution >= 0.6 is 23.1 Å². The molecule has 2 heterocycles. The van der Waals surface area contributed by atoms with E-state index in [1.54, 1.807) is 29.9 Å². The van der Waals surface area contributed by atoms with Crippen LogP contribution in [0, 0.1) is 0 Å². The van der Waals surface area contributed by atoms with Gasteiger partial charge in [-0.05, 0) is 11.8 Å². The van der Waals surface area contributed by atoms with Crippen LogP contribution in [0.15, 0.2) is 33.3 Å². The second-order valence-corrected chi connectivity index (χ2v) is 4.28. The lowest BCUT2D eigenvalue weighted by Gasteiger charge is -1.98. The van der Waals surface area contributed by atoms with Crippen LogP contribution in [0.25, 0.3) is 0 Å². The topological polar surface area (TPSA) is 64.7 Å². The van der Waals surface area contributed by atoms with Crippen LogP contribution in [0.5, 0.6) is 0 Å². The molecule has 2 aromatic heterocycles. The molecule has 4 nitrogen and oxygen atoms in total. The molecule has 0 aromatic carbocycles. The van der Waals surface area contributed by atoms with Gasteiger partial charge in [0.2, 0.25) is 0 Å². The van der Waals surface area contributed by atoms with Gasteiger partial charge < -0.3 is 5.73 Å². The van der Waals surface area contributed by atoms with Crippen molar-refractivity contribution in [1.29, 1.82) is 0 Å². The molecule has 0 bridgehead atoms. The van der Waals surface area contributed by atoms with Crippen molar-refractivity contribution in [2.75, 3.05) is 5.73 Å². The number of nitrogens with two attached hydrogens (primary N) is 1. The van der Waals surface area contributed by atoms with Crippen molar-refractivity contribution in [2.45, 2.75) is 9.37 Å². The molecular formula is C7H6N4S2. The van der Waals surface area contributed by atoms with E-state index in [-0.39, 0.29) is 0 Å². The van der Waals surface area contributed by atoms with Crippen molar-refractivity contribution >= 4 is 28.9 Å². The van der Waals surface area contributed by atoms with E-state index >= 15 is 0 Å². The number of nitrogen functional groups attached to an aromatic ring is 1. The Morgan fingerprint density at radius 2 is 2.00 bits per heavy atom. The maximum Gasteiger partial charge on any atom is 0.156 e. The summed E-state index contributed by atoms with van der Waals surface area (Å²) < 4.78 is 0.923. The van der Waals surface area contributed by atoms with Crippen LogP contribution in [-0.4, -0.2) is 15.0 Å². The maximum absolute atomic E-state index is 5.62. The first kappa shape index (κ1) is 8.46. The van der Waals surface area contributed by atoms with Gasteiger partial charge >= 0.3 is 0 Å². The standard InChI is InChI=1S/C7H6N4S2/c8-5-6(10-2-1-9-5)13-7-11-3-4-12-7/h1-4H,(H2,8,9). The SMILES string of the molecule is Nc1nccnc1Sc1nccs1. The van der Waals surface area contributed by atoms with Gasteiger partial charge in [0, 0.05) is 24.0 Å². The highest BCUT2D eigenvalue weighted by molar-refractivity contribution is 8.01. The van der Waals surface area contributed by atoms with Gasteiger partial charge in [-0.15, -0.1) is 11.3 Å². The predicted octanol–water partition coefficient (Wildman–Crippen LogP) is 1.67. The molecule has 2 N–H and O–H groups in total. The van der Waals surface area contributed by atoms with E-state index in [1.165, 1.54) is 11.8 Å². The average Bonchev–Trinajstić information content (AvgIpc) is 2.61. The summed E-state index contributed by atoms with van der Waals surface area (Å²) in [6.45, 7) is 0. The van der Waals surface area contributed by atoms with Crippen molar-refractivity contribution in [3.05, 3.63) is 24.0 Å². The molecule has 0 amide bonds. The Bertz CT molecular complexity index is 387. The lowest BCUT2D eigenvalue weighted by atomic mass is 10.7. The molecule has 0 radical (unpaired) electrons. The molecule has 2 rings (SSSR count). The predicted molar refractivity (Wildman–Crippen MR) is 52.7 cm³/mol. The Morgan fingerprint density at radius 3 is 2.69 bits per heavy atom. The third-order valence-electron chi connectivity index (χ3n) is 1.28. The first-order valence-electron chi connectivity index (χ1n) is 3.50. The first-order chi connectivity index (χ1) is 6.36. The fourth-order valence-corrected chi connectivity index (χ4v) is 2.26. The fraction of sp³-hybridized carbons (Fsp3) is 0. The van der Waals surface area contributed by atoms with Crippen molar-refractivity contribution in [3.8, 4) is 0 Å². The number of anilines is 1. The molecule has 0 unspecified atom stereocenters. The Morgan fingerprint density at radius 1 is 1.15 bits per heavy atom. The number of aromatic nitrogens is 3. The van der Waals surface area contributed by atoms with Crippen molar-refractivity contribution < 1.29 is 0 Å². The highest BCUT2D eigenvalue weighted by Crippen LogP contribution is 2.29. The number of thiazole rings is 1. The molecule has 0 saturated heterocycles. The minimum atomic E-state index is 0.447. The van der Waals surface area contributed by atoms with E-state index in [4.69, 9.17) is 5.73 Å². The molecule has 0 aliphatic heterocycles. The average molecular weight is 210 g/mol. The van der Waals surface area contributed by atoms with Crippen molar-refractivity contribution in [1.82, 2.24) is 15.0 Å². The van der Waals surface area contributed by atoms with Crippen molar-refractivity contribution in [2.24, 2.45) is 0 Å². The number of nitrogens with zero attached hydrogens (tertiary/aromatic N) is 3. The fourth-order valence-electron chi connectivity index (χ4n) is 0.758. The second kappa shape index (κ2) is 3.71. The summed E-state index contributed by atoms with van der Waals surface area (Å²) >= 11 is 2.98. The molecule has 0 spiro atoms. The second-order valence-electron chi connectivity index (χ2n) is 2.15. The minimum absolute atomic E-state index is 0.447. The van der Waals surface area contributed by atoms with Crippen LogP contribution in [0.4, 0.5) is 5.82 Å². The molecule has 0 saturated carbocycles. The third kappa shape index (κ3) is 1.96. The summed E-state index contributed by atoms with van der Waals surface area (Å²) in [5, 5.41) is 2.62. The van der Waals surface area contributed by atoms with Gasteiger partial charge in [-0.3, -0.25) is 0 Å². The molecule has 2 aromatic rings. The summed E-state index contributed by atoms with van der Waals surface area (Å²) in [6, 6.07) is 0. The molecule has 0 aliphatic carbocycles. The van der Waals surface area contributed by atoms with E-state index in [0.717, 1.165) is 4.34 Å². The number of hydrogen-bond acceptors (Lipinski definition) is 6. The first-order valence-corrected chi connectivity index (χ1v) is 5.19. The van der Waals surface area contributed by atoms with Gasteiger partial charge in [-0.1, -0.05) is 0 Å². The van der Waals surface area contributed by atoms with Gasteiger partial charge in [-0.2, -0.15) is 0 Å².